The van der Waals surface area contributed by atoms with Gasteiger partial charge in [0.05, 0.1) is 0 Å². The number of nitrogens with zero attached hydrogens (tertiary/aromatic N) is 1. The number of hydrogen-bond donors (Lipinski definition) is 1. The molecule has 0 radical (unpaired) electrons. The van der Waals surface area contributed by atoms with Crippen molar-refractivity contribution in [2.75, 3.05) is 19.6 Å². The van der Waals surface area contributed by atoms with Gasteiger partial charge < -0.3 is 10.2 Å². The molecule has 2 rings (SSSR count). The van der Waals surface area contributed by atoms with Crippen molar-refractivity contribution < 1.29 is 4.79 Å². The fraction of sp³-hybridized carbons (Fsp3) is 0.938. The van der Waals surface area contributed by atoms with E-state index < -0.39 is 0 Å². The lowest BCUT2D eigenvalue weighted by atomic mass is 9.67. The van der Waals surface area contributed by atoms with Crippen LogP contribution in [0.5, 0.6) is 0 Å². The molecule has 0 aromatic rings. The van der Waals surface area contributed by atoms with Gasteiger partial charge in [-0.1, -0.05) is 20.8 Å². The third-order valence-corrected chi connectivity index (χ3v) is 4.66. The summed E-state index contributed by atoms with van der Waals surface area (Å²) in [5.74, 6) is 1.74. The molecule has 1 saturated heterocycles. The van der Waals surface area contributed by atoms with Gasteiger partial charge in [-0.2, -0.15) is 0 Å². The number of hydrogen-bond acceptors (Lipinski definition) is 2. The maximum Gasteiger partial charge on any atom is 0.222 e. The van der Waals surface area contributed by atoms with E-state index in [9.17, 15) is 4.79 Å². The molecule has 3 atom stereocenters. The summed E-state index contributed by atoms with van der Waals surface area (Å²) in [4.78, 5) is 14.5. The highest BCUT2D eigenvalue weighted by atomic mass is 35.5. The molecule has 2 fully saturated rings. The molecular weight excluding hydrogens is 272 g/mol. The van der Waals surface area contributed by atoms with Crippen LogP contribution in [-0.4, -0.2) is 36.5 Å². The lowest BCUT2D eigenvalue weighted by Crippen LogP contribution is -2.51. The van der Waals surface area contributed by atoms with Gasteiger partial charge in [-0.05, 0) is 43.4 Å². The smallest absolute Gasteiger partial charge is 0.222 e. The molecule has 3 unspecified atom stereocenters. The third-order valence-electron chi connectivity index (χ3n) is 4.66. The molecule has 3 nitrogen and oxygen atoms in total. The summed E-state index contributed by atoms with van der Waals surface area (Å²) in [7, 11) is 0. The van der Waals surface area contributed by atoms with Crippen LogP contribution >= 0.6 is 12.4 Å². The molecule has 0 spiro atoms. The highest BCUT2D eigenvalue weighted by Gasteiger charge is 2.34. The second kappa shape index (κ2) is 7.13. The van der Waals surface area contributed by atoms with Crippen LogP contribution in [0.3, 0.4) is 0 Å². The first-order chi connectivity index (χ1) is 8.85. The predicted molar refractivity (Wildman–Crippen MR) is 86.2 cm³/mol. The van der Waals surface area contributed by atoms with E-state index in [4.69, 9.17) is 0 Å². The molecule has 0 bridgehead atoms. The minimum absolute atomic E-state index is 0. The molecule has 1 amide bonds. The van der Waals surface area contributed by atoms with E-state index >= 15 is 0 Å². The van der Waals surface area contributed by atoms with Crippen molar-refractivity contribution in [2.45, 2.75) is 59.4 Å². The molecule has 1 aliphatic carbocycles. The van der Waals surface area contributed by atoms with Crippen LogP contribution in [0.2, 0.25) is 0 Å². The second-order valence-corrected chi connectivity index (χ2v) is 7.68. The van der Waals surface area contributed by atoms with Gasteiger partial charge in [0.1, 0.15) is 0 Å². The summed E-state index contributed by atoms with van der Waals surface area (Å²) < 4.78 is 0. The van der Waals surface area contributed by atoms with Crippen LogP contribution < -0.4 is 5.32 Å². The van der Waals surface area contributed by atoms with Crippen molar-refractivity contribution >= 4 is 18.3 Å². The van der Waals surface area contributed by atoms with E-state index in [0.29, 0.717) is 23.3 Å². The minimum Gasteiger partial charge on any atom is -0.340 e. The fourth-order valence-corrected chi connectivity index (χ4v) is 4.23. The highest BCUT2D eigenvalue weighted by molar-refractivity contribution is 5.85. The van der Waals surface area contributed by atoms with Crippen LogP contribution in [-0.2, 0) is 4.79 Å². The van der Waals surface area contributed by atoms with E-state index in [-0.39, 0.29) is 12.4 Å². The van der Waals surface area contributed by atoms with Gasteiger partial charge >= 0.3 is 0 Å². The topological polar surface area (TPSA) is 32.3 Å². The van der Waals surface area contributed by atoms with Gasteiger partial charge in [-0.15, -0.1) is 12.4 Å². The molecular formula is C16H31ClN2O. The Morgan fingerprint density at radius 1 is 1.30 bits per heavy atom. The molecule has 20 heavy (non-hydrogen) atoms. The molecule has 0 aromatic heterocycles. The van der Waals surface area contributed by atoms with Crippen molar-refractivity contribution in [2.24, 2.45) is 17.3 Å². The third kappa shape index (κ3) is 4.92. The number of amides is 1. The minimum atomic E-state index is 0. The van der Waals surface area contributed by atoms with E-state index in [2.05, 4.69) is 37.9 Å². The first kappa shape index (κ1) is 17.8. The number of nitrogens with one attached hydrogen (secondary N) is 1. The molecule has 1 aliphatic heterocycles. The second-order valence-electron chi connectivity index (χ2n) is 7.68. The van der Waals surface area contributed by atoms with Crippen molar-refractivity contribution in [3.05, 3.63) is 0 Å². The van der Waals surface area contributed by atoms with Crippen molar-refractivity contribution in [1.82, 2.24) is 10.2 Å². The summed E-state index contributed by atoms with van der Waals surface area (Å²) in [6.07, 6.45) is 4.52. The molecule has 1 N–H and O–H groups in total. The highest BCUT2D eigenvalue weighted by Crippen LogP contribution is 2.42. The van der Waals surface area contributed by atoms with Gasteiger partial charge in [0, 0.05) is 32.1 Å². The average Bonchev–Trinajstić information content (AvgIpc) is 2.25. The van der Waals surface area contributed by atoms with E-state index in [0.717, 1.165) is 32.0 Å². The van der Waals surface area contributed by atoms with Crippen LogP contribution in [0, 0.1) is 17.3 Å². The first-order valence-electron chi connectivity index (χ1n) is 7.87. The lowest BCUT2D eigenvalue weighted by molar-refractivity contribution is -0.134. The van der Waals surface area contributed by atoms with Gasteiger partial charge in [0.15, 0.2) is 0 Å². The number of carbonyl (C=O) groups excluding carboxylic acids is 1. The summed E-state index contributed by atoms with van der Waals surface area (Å²) >= 11 is 0. The Balaban J connectivity index is 0.00000200. The fourth-order valence-electron chi connectivity index (χ4n) is 4.23. The van der Waals surface area contributed by atoms with Gasteiger partial charge in [0.2, 0.25) is 5.91 Å². The molecule has 4 heteroatoms. The molecule has 2 aliphatic rings. The van der Waals surface area contributed by atoms with Crippen molar-refractivity contribution in [3.8, 4) is 0 Å². The van der Waals surface area contributed by atoms with Crippen LogP contribution in [0.1, 0.15) is 53.4 Å². The number of piperazine rings is 1. The monoisotopic (exact) mass is 302 g/mol. The predicted octanol–water partition coefficient (Wildman–Crippen LogP) is 3.08. The maximum atomic E-state index is 12.4. The van der Waals surface area contributed by atoms with Crippen LogP contribution in [0.25, 0.3) is 0 Å². The van der Waals surface area contributed by atoms with E-state index in [1.165, 1.54) is 19.3 Å². The molecule has 118 valence electrons. The molecule has 1 saturated carbocycles. The first-order valence-corrected chi connectivity index (χ1v) is 7.87. The van der Waals surface area contributed by atoms with Gasteiger partial charge in [-0.25, -0.2) is 0 Å². The summed E-state index contributed by atoms with van der Waals surface area (Å²) in [5.41, 5.74) is 0.416. The van der Waals surface area contributed by atoms with E-state index in [1.54, 1.807) is 0 Å². The normalized spacial score (nSPS) is 33.4. The molecule has 1 heterocycles. The quantitative estimate of drug-likeness (QED) is 0.850. The zero-order valence-corrected chi connectivity index (χ0v) is 14.3. The Morgan fingerprint density at radius 3 is 2.60 bits per heavy atom. The SMILES string of the molecule is CC1CC(CC(=O)N2CCNC(C)C2)CC(C)(C)C1.Cl. The Labute approximate surface area is 130 Å². The zero-order chi connectivity index (χ0) is 14.0. The largest absolute Gasteiger partial charge is 0.340 e. The Kier molecular flexibility index (Phi) is 6.33. The van der Waals surface area contributed by atoms with Crippen molar-refractivity contribution in [1.29, 1.82) is 0 Å². The Hall–Kier alpha value is -0.280. The summed E-state index contributed by atoms with van der Waals surface area (Å²) in [6.45, 7) is 11.9. The standard InChI is InChI=1S/C16H30N2O.ClH/c1-12-7-14(10-16(3,4)9-12)8-15(19)18-6-5-17-13(2)11-18;/h12-14,17H,5-11H2,1-4H3;1H. The number of halogens is 1. The van der Waals surface area contributed by atoms with Crippen LogP contribution in [0.15, 0.2) is 0 Å². The molecule has 0 aromatic carbocycles. The zero-order valence-electron chi connectivity index (χ0n) is 13.4. The average molecular weight is 303 g/mol. The lowest BCUT2D eigenvalue weighted by Gasteiger charge is -2.40. The summed E-state index contributed by atoms with van der Waals surface area (Å²) in [5, 5.41) is 3.40. The van der Waals surface area contributed by atoms with Crippen molar-refractivity contribution in [3.63, 3.8) is 0 Å². The Morgan fingerprint density at radius 2 is 2.00 bits per heavy atom. The Bertz CT molecular complexity index is 332. The van der Waals surface area contributed by atoms with Gasteiger partial charge in [-0.3, -0.25) is 4.79 Å². The van der Waals surface area contributed by atoms with Gasteiger partial charge in [0.25, 0.3) is 0 Å². The number of carbonyl (C=O) groups is 1. The van der Waals surface area contributed by atoms with Crippen LogP contribution in [0.4, 0.5) is 0 Å². The maximum absolute atomic E-state index is 12.4. The summed E-state index contributed by atoms with van der Waals surface area (Å²) in [6, 6.07) is 0.444. The number of rotatable bonds is 2. The van der Waals surface area contributed by atoms with E-state index in [1.807, 2.05) is 0 Å².